The number of halogens is 1. The lowest BCUT2D eigenvalue weighted by Crippen LogP contribution is -2.44. The zero-order valence-electron chi connectivity index (χ0n) is 19.5. The van der Waals surface area contributed by atoms with Gasteiger partial charge in [0.25, 0.3) is 5.91 Å². The van der Waals surface area contributed by atoms with Crippen LogP contribution in [0.5, 0.6) is 0 Å². The lowest BCUT2D eigenvalue weighted by molar-refractivity contribution is 0.102. The summed E-state index contributed by atoms with van der Waals surface area (Å²) in [5.41, 5.74) is 5.38. The molecule has 0 aliphatic carbocycles. The zero-order chi connectivity index (χ0) is 24.4. The summed E-state index contributed by atoms with van der Waals surface area (Å²) in [5.74, 6) is -0.339. The molecule has 1 fully saturated rings. The molecule has 0 unspecified atom stereocenters. The fourth-order valence-corrected chi connectivity index (χ4v) is 4.15. The van der Waals surface area contributed by atoms with Crippen LogP contribution in [0.2, 0.25) is 5.15 Å². The molecule has 0 bridgehead atoms. The molecule has 4 heterocycles. The molecule has 10 heteroatoms. The minimum Gasteiger partial charge on any atom is -0.368 e. The Morgan fingerprint density at radius 3 is 2.69 bits per heavy atom. The summed E-state index contributed by atoms with van der Waals surface area (Å²) in [4.78, 5) is 25.8. The first-order chi connectivity index (χ1) is 17.0. The lowest BCUT2D eigenvalue weighted by Gasteiger charge is -2.33. The maximum Gasteiger partial charge on any atom is 0.274 e. The third-order valence-electron chi connectivity index (χ3n) is 6.04. The number of hydrogen-bond acceptors (Lipinski definition) is 7. The summed E-state index contributed by atoms with van der Waals surface area (Å²) in [5, 5.41) is 11.9. The van der Waals surface area contributed by atoms with Crippen LogP contribution in [0.25, 0.3) is 16.9 Å². The van der Waals surface area contributed by atoms with Gasteiger partial charge in [-0.2, -0.15) is 0 Å². The van der Waals surface area contributed by atoms with Gasteiger partial charge in [-0.3, -0.25) is 9.78 Å². The number of carbonyl (C=O) groups excluding carboxylic acids is 1. The first kappa shape index (κ1) is 22.9. The van der Waals surface area contributed by atoms with E-state index in [-0.39, 0.29) is 16.8 Å². The van der Waals surface area contributed by atoms with E-state index >= 15 is 0 Å². The van der Waals surface area contributed by atoms with Crippen molar-refractivity contribution in [3.8, 4) is 16.9 Å². The first-order valence-electron chi connectivity index (χ1n) is 11.3. The van der Waals surface area contributed by atoms with Crippen molar-refractivity contribution >= 4 is 28.9 Å². The van der Waals surface area contributed by atoms with Crippen LogP contribution in [0, 0.1) is 6.92 Å². The van der Waals surface area contributed by atoms with Crippen molar-refractivity contribution in [2.45, 2.75) is 6.92 Å². The molecule has 35 heavy (non-hydrogen) atoms. The Kier molecular flexibility index (Phi) is 6.43. The molecule has 1 aliphatic rings. The molecule has 3 aromatic heterocycles. The van der Waals surface area contributed by atoms with Gasteiger partial charge in [-0.15, -0.1) is 5.10 Å². The van der Waals surface area contributed by atoms with Gasteiger partial charge < -0.3 is 15.1 Å². The minimum atomic E-state index is -0.339. The third-order valence-corrected chi connectivity index (χ3v) is 6.25. The number of piperazine rings is 1. The normalized spacial score (nSPS) is 14.2. The van der Waals surface area contributed by atoms with E-state index in [4.69, 9.17) is 11.6 Å². The van der Waals surface area contributed by atoms with Crippen LogP contribution in [-0.2, 0) is 0 Å². The highest BCUT2D eigenvalue weighted by molar-refractivity contribution is 6.29. The number of nitrogens with one attached hydrogen (secondary N) is 1. The maximum atomic E-state index is 12.6. The number of nitrogens with zero attached hydrogens (tertiary/aromatic N) is 7. The number of anilines is 2. The SMILES string of the molecule is Cc1ccc(NC(=O)c2cccc(Cl)n2)cc1-n1cc(-c2cncc(N3CCN(C)CC3)c2)nn1. The second-order valence-electron chi connectivity index (χ2n) is 8.57. The van der Waals surface area contributed by atoms with Crippen molar-refractivity contribution in [3.05, 3.63) is 77.5 Å². The predicted molar refractivity (Wildman–Crippen MR) is 136 cm³/mol. The molecule has 9 nitrogen and oxygen atoms in total. The first-order valence-corrected chi connectivity index (χ1v) is 11.7. The molecular formula is C25H25ClN8O. The van der Waals surface area contributed by atoms with Gasteiger partial charge in [-0.05, 0) is 49.9 Å². The van der Waals surface area contributed by atoms with Gasteiger partial charge in [0.1, 0.15) is 16.5 Å². The highest BCUT2D eigenvalue weighted by Crippen LogP contribution is 2.25. The van der Waals surface area contributed by atoms with Gasteiger partial charge >= 0.3 is 0 Å². The summed E-state index contributed by atoms with van der Waals surface area (Å²) >= 11 is 5.91. The topological polar surface area (TPSA) is 92.1 Å². The smallest absolute Gasteiger partial charge is 0.274 e. The fraction of sp³-hybridized carbons (Fsp3) is 0.240. The van der Waals surface area contributed by atoms with Crippen molar-refractivity contribution in [2.24, 2.45) is 0 Å². The maximum absolute atomic E-state index is 12.6. The summed E-state index contributed by atoms with van der Waals surface area (Å²) in [6, 6.07) is 12.7. The summed E-state index contributed by atoms with van der Waals surface area (Å²) in [7, 11) is 2.14. The number of carbonyl (C=O) groups is 1. The van der Waals surface area contributed by atoms with Gasteiger partial charge in [0, 0.05) is 43.6 Å². The van der Waals surface area contributed by atoms with Crippen molar-refractivity contribution in [2.75, 3.05) is 43.4 Å². The summed E-state index contributed by atoms with van der Waals surface area (Å²) in [6.07, 6.45) is 5.57. The Labute approximate surface area is 208 Å². The molecule has 0 saturated carbocycles. The Morgan fingerprint density at radius 1 is 1.06 bits per heavy atom. The van der Waals surface area contributed by atoms with Crippen molar-refractivity contribution in [1.82, 2.24) is 29.9 Å². The highest BCUT2D eigenvalue weighted by atomic mass is 35.5. The largest absolute Gasteiger partial charge is 0.368 e. The van der Waals surface area contributed by atoms with Gasteiger partial charge in [0.05, 0.1) is 23.8 Å². The third kappa shape index (κ3) is 5.16. The van der Waals surface area contributed by atoms with Crippen molar-refractivity contribution in [3.63, 3.8) is 0 Å². The highest BCUT2D eigenvalue weighted by Gasteiger charge is 2.16. The van der Waals surface area contributed by atoms with Crippen LogP contribution in [0.15, 0.2) is 61.1 Å². The van der Waals surface area contributed by atoms with E-state index in [1.807, 2.05) is 37.5 Å². The van der Waals surface area contributed by atoms with Crippen LogP contribution >= 0.6 is 11.6 Å². The second kappa shape index (κ2) is 9.81. The Hall–Kier alpha value is -3.82. The molecular weight excluding hydrogens is 464 g/mol. The van der Waals surface area contributed by atoms with Gasteiger partial charge in [0.15, 0.2) is 0 Å². The second-order valence-corrected chi connectivity index (χ2v) is 8.96. The van der Waals surface area contributed by atoms with Crippen LogP contribution in [-0.4, -0.2) is 69.0 Å². The van der Waals surface area contributed by atoms with Crippen LogP contribution < -0.4 is 10.2 Å². The molecule has 1 N–H and O–H groups in total. The van der Waals surface area contributed by atoms with Crippen LogP contribution in [0.4, 0.5) is 11.4 Å². The van der Waals surface area contributed by atoms with Crippen LogP contribution in [0.1, 0.15) is 16.1 Å². The molecule has 1 amide bonds. The number of rotatable bonds is 5. The predicted octanol–water partition coefficient (Wildman–Crippen LogP) is 3.69. The van der Waals surface area contributed by atoms with E-state index in [2.05, 4.69) is 48.5 Å². The van der Waals surface area contributed by atoms with Crippen molar-refractivity contribution < 1.29 is 4.79 Å². The average molecular weight is 489 g/mol. The molecule has 0 radical (unpaired) electrons. The molecule has 4 aromatic rings. The van der Waals surface area contributed by atoms with E-state index in [9.17, 15) is 4.79 Å². The molecule has 0 atom stereocenters. The Morgan fingerprint density at radius 2 is 1.89 bits per heavy atom. The number of benzene rings is 1. The number of hydrogen-bond donors (Lipinski definition) is 1. The van der Waals surface area contributed by atoms with Gasteiger partial charge in [0.2, 0.25) is 0 Å². The van der Waals surface area contributed by atoms with E-state index in [1.165, 1.54) is 0 Å². The lowest BCUT2D eigenvalue weighted by atomic mass is 10.1. The van der Waals surface area contributed by atoms with Crippen LogP contribution in [0.3, 0.4) is 0 Å². The Bertz CT molecular complexity index is 1360. The standard InChI is InChI=1S/C25H25ClN8O/c1-17-6-7-19(28-25(35)21-4-3-5-24(26)29-21)13-23(17)34-16-22(30-31-34)18-12-20(15-27-14-18)33-10-8-32(2)9-11-33/h3-7,12-16H,8-11H2,1-2H3,(H,28,35). The van der Waals surface area contributed by atoms with Crippen molar-refractivity contribution in [1.29, 1.82) is 0 Å². The quantitative estimate of drug-likeness (QED) is 0.428. The molecule has 1 aliphatic heterocycles. The average Bonchev–Trinajstić information content (AvgIpc) is 3.36. The summed E-state index contributed by atoms with van der Waals surface area (Å²) < 4.78 is 1.71. The number of amides is 1. The number of pyridine rings is 2. The van der Waals surface area contributed by atoms with E-state index in [0.717, 1.165) is 54.4 Å². The van der Waals surface area contributed by atoms with E-state index in [1.54, 1.807) is 29.1 Å². The summed E-state index contributed by atoms with van der Waals surface area (Å²) in [6.45, 7) is 5.98. The van der Waals surface area contributed by atoms with Gasteiger partial charge in [-0.25, -0.2) is 9.67 Å². The fourth-order valence-electron chi connectivity index (χ4n) is 3.98. The molecule has 0 spiro atoms. The van der Waals surface area contributed by atoms with E-state index in [0.29, 0.717) is 5.69 Å². The zero-order valence-corrected chi connectivity index (χ0v) is 20.3. The van der Waals surface area contributed by atoms with Gasteiger partial charge in [-0.1, -0.05) is 28.9 Å². The van der Waals surface area contributed by atoms with E-state index < -0.39 is 0 Å². The monoisotopic (exact) mass is 488 g/mol. The number of likely N-dealkylation sites (N-methyl/N-ethyl adjacent to an activating group) is 1. The molecule has 1 aromatic carbocycles. The molecule has 5 rings (SSSR count). The number of aryl methyl sites for hydroxylation is 1. The minimum absolute atomic E-state index is 0.246. The molecule has 178 valence electrons. The molecule has 1 saturated heterocycles. The number of aromatic nitrogens is 5. The Balaban J connectivity index is 1.37.